The van der Waals surface area contributed by atoms with Gasteiger partial charge in [0.1, 0.15) is 11.6 Å². The molecule has 0 saturated carbocycles. The van der Waals surface area contributed by atoms with Crippen LogP contribution in [0, 0.1) is 18.6 Å². The Kier molecular flexibility index (Phi) is 6.29. The summed E-state index contributed by atoms with van der Waals surface area (Å²) in [6.07, 6.45) is 3.00. The second-order valence-electron chi connectivity index (χ2n) is 8.20. The van der Waals surface area contributed by atoms with Crippen LogP contribution in [0.15, 0.2) is 48.8 Å². The van der Waals surface area contributed by atoms with E-state index in [0.717, 1.165) is 6.07 Å². The monoisotopic (exact) mass is 477 g/mol. The predicted molar refractivity (Wildman–Crippen MR) is 130 cm³/mol. The van der Waals surface area contributed by atoms with Gasteiger partial charge in [-0.3, -0.25) is 4.98 Å². The first kappa shape index (κ1) is 23.1. The van der Waals surface area contributed by atoms with E-state index in [9.17, 15) is 14.4 Å². The minimum absolute atomic E-state index is 0.103. The molecule has 3 N–H and O–H groups in total. The molecule has 0 amide bonds. The molecule has 0 atom stereocenters. The molecule has 8 nitrogen and oxygen atoms in total. The number of anilines is 3. The average Bonchev–Trinajstić information content (AvgIpc) is 2.86. The lowest BCUT2D eigenvalue weighted by molar-refractivity contribution is 0.122. The number of aromatic nitrogens is 3. The molecule has 4 aromatic rings. The van der Waals surface area contributed by atoms with Gasteiger partial charge in [0.2, 0.25) is 0 Å². The summed E-state index contributed by atoms with van der Waals surface area (Å²) in [5.74, 6) is -0.973. The highest BCUT2D eigenvalue weighted by Gasteiger charge is 2.23. The van der Waals surface area contributed by atoms with Crippen molar-refractivity contribution in [2.24, 2.45) is 0 Å². The summed E-state index contributed by atoms with van der Waals surface area (Å²) < 4.78 is 34.7. The minimum atomic E-state index is -1.74. The molecule has 5 rings (SSSR count). The Morgan fingerprint density at radius 1 is 1.09 bits per heavy atom. The maximum Gasteiger partial charge on any atom is 0.490 e. The quantitative estimate of drug-likeness (QED) is 0.377. The van der Waals surface area contributed by atoms with Crippen LogP contribution < -0.4 is 15.7 Å². The zero-order valence-electron chi connectivity index (χ0n) is 18.9. The summed E-state index contributed by atoms with van der Waals surface area (Å²) >= 11 is 0. The molecule has 4 heterocycles. The Labute approximate surface area is 200 Å². The Hall–Kier alpha value is -3.67. The number of rotatable bonds is 5. The van der Waals surface area contributed by atoms with Gasteiger partial charge in [-0.1, -0.05) is 6.07 Å². The molecule has 11 heteroatoms. The zero-order chi connectivity index (χ0) is 24.5. The summed E-state index contributed by atoms with van der Waals surface area (Å²) in [6, 6.07) is 8.87. The largest absolute Gasteiger partial charge is 0.490 e. The third-order valence-electron chi connectivity index (χ3n) is 5.91. The second kappa shape index (κ2) is 9.53. The van der Waals surface area contributed by atoms with E-state index in [1.807, 2.05) is 4.90 Å². The lowest BCUT2D eigenvalue weighted by Gasteiger charge is -2.30. The number of nitrogens with one attached hydrogen (secondary N) is 1. The van der Waals surface area contributed by atoms with Crippen molar-refractivity contribution in [1.82, 2.24) is 15.0 Å². The first-order chi connectivity index (χ1) is 16.9. The van der Waals surface area contributed by atoms with Gasteiger partial charge in [-0.2, -0.15) is 0 Å². The molecular weight excluding hydrogens is 455 g/mol. The number of hydrogen-bond donors (Lipinski definition) is 3. The van der Waals surface area contributed by atoms with E-state index < -0.39 is 18.8 Å². The molecular formula is C24H22BF2N5O3. The summed E-state index contributed by atoms with van der Waals surface area (Å²) in [7, 11) is -1.74. The smallest absolute Gasteiger partial charge is 0.423 e. The number of hydrogen-bond acceptors (Lipinski definition) is 8. The van der Waals surface area contributed by atoms with Crippen LogP contribution in [-0.2, 0) is 4.74 Å². The summed E-state index contributed by atoms with van der Waals surface area (Å²) in [6.45, 7) is 3.96. The van der Waals surface area contributed by atoms with E-state index in [1.54, 1.807) is 37.4 Å². The van der Waals surface area contributed by atoms with E-state index in [0.29, 0.717) is 60.4 Å². The lowest BCUT2D eigenvalue weighted by atomic mass is 9.81. The first-order valence-corrected chi connectivity index (χ1v) is 11.1. The van der Waals surface area contributed by atoms with E-state index >= 15 is 4.39 Å². The molecule has 0 unspecified atom stereocenters. The van der Waals surface area contributed by atoms with Crippen LogP contribution in [0.1, 0.15) is 5.56 Å². The van der Waals surface area contributed by atoms with Gasteiger partial charge in [-0.25, -0.2) is 18.7 Å². The molecule has 3 aromatic heterocycles. The normalized spacial score (nSPS) is 13.8. The fourth-order valence-corrected chi connectivity index (χ4v) is 4.18. The fraction of sp³-hybridized carbons (Fsp3) is 0.208. The van der Waals surface area contributed by atoms with Gasteiger partial charge in [-0.05, 0) is 25.1 Å². The highest BCUT2D eigenvalue weighted by molar-refractivity contribution is 6.58. The van der Waals surface area contributed by atoms with Crippen LogP contribution in [0.3, 0.4) is 0 Å². The summed E-state index contributed by atoms with van der Waals surface area (Å²) in [5.41, 5.74) is 2.67. The molecule has 1 fully saturated rings. The molecule has 0 bridgehead atoms. The van der Waals surface area contributed by atoms with Gasteiger partial charge >= 0.3 is 7.12 Å². The van der Waals surface area contributed by atoms with Gasteiger partial charge in [0.25, 0.3) is 0 Å². The zero-order valence-corrected chi connectivity index (χ0v) is 18.9. The highest BCUT2D eigenvalue weighted by Crippen LogP contribution is 2.38. The van der Waals surface area contributed by atoms with Crippen molar-refractivity contribution >= 4 is 40.7 Å². The fourth-order valence-electron chi connectivity index (χ4n) is 4.18. The van der Waals surface area contributed by atoms with Gasteiger partial charge in [-0.15, -0.1) is 0 Å². The van der Waals surface area contributed by atoms with Gasteiger partial charge in [0.15, 0.2) is 5.82 Å². The van der Waals surface area contributed by atoms with Crippen LogP contribution in [0.4, 0.5) is 26.0 Å². The van der Waals surface area contributed by atoms with Crippen LogP contribution in [0.2, 0.25) is 0 Å². The number of benzene rings is 1. The van der Waals surface area contributed by atoms with Crippen molar-refractivity contribution in [2.45, 2.75) is 6.92 Å². The van der Waals surface area contributed by atoms with Crippen molar-refractivity contribution in [1.29, 1.82) is 0 Å². The van der Waals surface area contributed by atoms with E-state index in [1.165, 1.54) is 12.3 Å². The Bertz CT molecular complexity index is 1390. The molecule has 1 saturated heterocycles. The summed E-state index contributed by atoms with van der Waals surface area (Å²) in [4.78, 5) is 15.3. The number of nitrogens with zero attached hydrogens (tertiary/aromatic N) is 4. The topological polar surface area (TPSA) is 104 Å². The molecule has 178 valence electrons. The SMILES string of the molecule is Cc1c(-c2ccccn2)nc2cc(F)cc(F)c2c1Nc1cc(B(O)O)cnc1N1CCOCC1. The van der Waals surface area contributed by atoms with E-state index in [-0.39, 0.29) is 16.4 Å². The number of ether oxygens (including phenoxy) is 1. The Balaban J connectivity index is 1.73. The number of fused-ring (bicyclic) bond motifs is 1. The lowest BCUT2D eigenvalue weighted by Crippen LogP contribution is -2.38. The molecule has 0 spiro atoms. The standard InChI is InChI=1S/C24H22BF2N5O3/c1-14-22(18-4-2-3-5-28-18)30-19-12-16(26)11-17(27)21(19)23(14)31-20-10-15(25(33)34)13-29-24(20)32-6-8-35-9-7-32/h2-5,10-13,33-34H,6-9H2,1H3,(H,30,31). The maximum absolute atomic E-state index is 15.1. The van der Waals surface area contributed by atoms with Gasteiger partial charge in [0.05, 0.1) is 46.9 Å². The van der Waals surface area contributed by atoms with Crippen molar-refractivity contribution in [3.8, 4) is 11.4 Å². The number of morpholine rings is 1. The Morgan fingerprint density at radius 3 is 2.60 bits per heavy atom. The molecule has 1 aromatic carbocycles. The van der Waals surface area contributed by atoms with Crippen LogP contribution in [-0.4, -0.2) is 58.4 Å². The maximum atomic E-state index is 15.1. The van der Waals surface area contributed by atoms with E-state index in [4.69, 9.17) is 4.74 Å². The molecule has 0 radical (unpaired) electrons. The first-order valence-electron chi connectivity index (χ1n) is 11.1. The summed E-state index contributed by atoms with van der Waals surface area (Å²) in [5, 5.41) is 22.8. The van der Waals surface area contributed by atoms with Crippen LogP contribution in [0.25, 0.3) is 22.3 Å². The average molecular weight is 477 g/mol. The molecule has 0 aliphatic carbocycles. The van der Waals surface area contributed by atoms with Crippen LogP contribution >= 0.6 is 0 Å². The van der Waals surface area contributed by atoms with Gasteiger partial charge in [0, 0.05) is 48.6 Å². The molecule has 35 heavy (non-hydrogen) atoms. The predicted octanol–water partition coefficient (Wildman–Crippen LogP) is 2.54. The second-order valence-corrected chi connectivity index (χ2v) is 8.20. The highest BCUT2D eigenvalue weighted by atomic mass is 19.1. The Morgan fingerprint density at radius 2 is 1.89 bits per heavy atom. The minimum Gasteiger partial charge on any atom is -0.423 e. The third kappa shape index (κ3) is 4.53. The van der Waals surface area contributed by atoms with Crippen molar-refractivity contribution in [3.63, 3.8) is 0 Å². The van der Waals surface area contributed by atoms with Crippen molar-refractivity contribution < 1.29 is 23.6 Å². The van der Waals surface area contributed by atoms with Gasteiger partial charge < -0.3 is 25.0 Å². The molecule has 1 aliphatic rings. The van der Waals surface area contributed by atoms with Crippen molar-refractivity contribution in [3.05, 3.63) is 66.0 Å². The van der Waals surface area contributed by atoms with E-state index in [2.05, 4.69) is 20.3 Å². The number of pyridine rings is 3. The number of halogens is 2. The van der Waals surface area contributed by atoms with Crippen LogP contribution in [0.5, 0.6) is 0 Å². The third-order valence-corrected chi connectivity index (χ3v) is 5.91. The van der Waals surface area contributed by atoms with Crippen molar-refractivity contribution in [2.75, 3.05) is 36.5 Å². The molecule has 1 aliphatic heterocycles.